The fraction of sp³-hybridized carbons (Fsp3) is 0.250. The second kappa shape index (κ2) is 8.75. The summed E-state index contributed by atoms with van der Waals surface area (Å²) in [5.41, 5.74) is 1.14. The lowest BCUT2D eigenvalue weighted by Gasteiger charge is -2.22. The van der Waals surface area contributed by atoms with Crippen molar-refractivity contribution in [3.8, 4) is 5.75 Å². The van der Waals surface area contributed by atoms with Crippen LogP contribution in [0.4, 0.5) is 10.5 Å². The number of likely N-dealkylation sites (tertiary alicyclic amines) is 1. The van der Waals surface area contributed by atoms with Crippen LogP contribution in [0.3, 0.4) is 0 Å². The van der Waals surface area contributed by atoms with E-state index in [0.717, 1.165) is 10.5 Å². The molecule has 1 atom stereocenters. The average Bonchev–Trinajstić information content (AvgIpc) is 3.09. The number of hydrogen-bond acceptors (Lipinski definition) is 5. The summed E-state index contributed by atoms with van der Waals surface area (Å²) >= 11 is 5.97. The van der Waals surface area contributed by atoms with Crippen molar-refractivity contribution in [3.63, 3.8) is 0 Å². The fourth-order valence-electron chi connectivity index (χ4n) is 2.94. The first-order valence-corrected chi connectivity index (χ1v) is 9.04. The SMILES string of the molecule is COc1ccc(Cl)cc1NC(=O)[C@@H]1CCC(=O)N1C(=O)OCc1ccccc1. The van der Waals surface area contributed by atoms with Crippen molar-refractivity contribution >= 4 is 35.2 Å². The molecule has 2 aromatic carbocycles. The molecule has 0 radical (unpaired) electrons. The van der Waals surface area contributed by atoms with Gasteiger partial charge >= 0.3 is 6.09 Å². The summed E-state index contributed by atoms with van der Waals surface area (Å²) in [4.78, 5) is 38.2. The Morgan fingerprint density at radius 3 is 2.68 bits per heavy atom. The monoisotopic (exact) mass is 402 g/mol. The lowest BCUT2D eigenvalue weighted by molar-refractivity contribution is -0.131. The Morgan fingerprint density at radius 2 is 1.96 bits per heavy atom. The van der Waals surface area contributed by atoms with Gasteiger partial charge in [0.2, 0.25) is 11.8 Å². The smallest absolute Gasteiger partial charge is 0.417 e. The number of nitrogens with one attached hydrogen (secondary N) is 1. The highest BCUT2D eigenvalue weighted by molar-refractivity contribution is 6.31. The number of halogens is 1. The molecule has 7 nitrogen and oxygen atoms in total. The fourth-order valence-corrected chi connectivity index (χ4v) is 3.12. The molecule has 1 aliphatic heterocycles. The molecule has 3 rings (SSSR count). The van der Waals surface area contributed by atoms with Gasteiger partial charge in [0.1, 0.15) is 18.4 Å². The Labute approximate surface area is 167 Å². The van der Waals surface area contributed by atoms with Gasteiger partial charge in [0.25, 0.3) is 0 Å². The summed E-state index contributed by atoms with van der Waals surface area (Å²) in [6.45, 7) is 0.0138. The third-order valence-electron chi connectivity index (χ3n) is 4.34. The molecule has 1 heterocycles. The Balaban J connectivity index is 1.70. The molecule has 2 aromatic rings. The average molecular weight is 403 g/mol. The van der Waals surface area contributed by atoms with Crippen LogP contribution in [0.1, 0.15) is 18.4 Å². The molecule has 3 amide bonds. The maximum Gasteiger partial charge on any atom is 0.417 e. The number of carbonyl (C=O) groups is 3. The maximum absolute atomic E-state index is 12.7. The zero-order chi connectivity index (χ0) is 20.1. The van der Waals surface area contributed by atoms with Crippen molar-refractivity contribution in [2.24, 2.45) is 0 Å². The zero-order valence-corrected chi connectivity index (χ0v) is 15.9. The summed E-state index contributed by atoms with van der Waals surface area (Å²) in [7, 11) is 1.46. The molecule has 0 aliphatic carbocycles. The number of ether oxygens (including phenoxy) is 2. The van der Waals surface area contributed by atoms with Crippen LogP contribution in [0.25, 0.3) is 0 Å². The number of carbonyl (C=O) groups excluding carboxylic acids is 3. The number of methoxy groups -OCH3 is 1. The van der Waals surface area contributed by atoms with Gasteiger partial charge in [-0.25, -0.2) is 9.69 Å². The van der Waals surface area contributed by atoms with Crippen LogP contribution in [0.5, 0.6) is 5.75 Å². The quantitative estimate of drug-likeness (QED) is 0.825. The molecule has 0 saturated carbocycles. The van der Waals surface area contributed by atoms with Gasteiger partial charge in [-0.15, -0.1) is 0 Å². The van der Waals surface area contributed by atoms with Gasteiger partial charge < -0.3 is 14.8 Å². The van der Waals surface area contributed by atoms with Crippen LogP contribution in [0.15, 0.2) is 48.5 Å². The van der Waals surface area contributed by atoms with Crippen LogP contribution in [0.2, 0.25) is 5.02 Å². The standard InChI is InChI=1S/C20H19ClN2O5/c1-27-17-9-7-14(21)11-15(17)22-19(25)16-8-10-18(24)23(16)20(26)28-12-13-5-3-2-4-6-13/h2-7,9,11,16H,8,10,12H2,1H3,(H,22,25)/t16-/m0/s1. The van der Waals surface area contributed by atoms with E-state index in [1.807, 2.05) is 18.2 Å². The van der Waals surface area contributed by atoms with E-state index in [0.29, 0.717) is 16.5 Å². The molecule has 1 fully saturated rings. The third-order valence-corrected chi connectivity index (χ3v) is 4.57. The third kappa shape index (κ3) is 4.43. The van der Waals surface area contributed by atoms with Gasteiger partial charge in [0, 0.05) is 11.4 Å². The highest BCUT2D eigenvalue weighted by Crippen LogP contribution is 2.29. The first kappa shape index (κ1) is 19.7. The van der Waals surface area contributed by atoms with Gasteiger partial charge in [-0.2, -0.15) is 0 Å². The summed E-state index contributed by atoms with van der Waals surface area (Å²) in [6.07, 6.45) is -0.538. The van der Waals surface area contributed by atoms with E-state index in [-0.39, 0.29) is 19.4 Å². The first-order valence-electron chi connectivity index (χ1n) is 8.66. The number of anilines is 1. The maximum atomic E-state index is 12.7. The minimum Gasteiger partial charge on any atom is -0.495 e. The Hall–Kier alpha value is -3.06. The van der Waals surface area contributed by atoms with E-state index in [9.17, 15) is 14.4 Å². The topological polar surface area (TPSA) is 84.9 Å². The van der Waals surface area contributed by atoms with E-state index >= 15 is 0 Å². The van der Waals surface area contributed by atoms with E-state index in [4.69, 9.17) is 21.1 Å². The summed E-state index contributed by atoms with van der Waals surface area (Å²) < 4.78 is 10.4. The van der Waals surface area contributed by atoms with Crippen molar-refractivity contribution < 1.29 is 23.9 Å². The van der Waals surface area contributed by atoms with Crippen LogP contribution in [-0.4, -0.2) is 36.0 Å². The number of hydrogen-bond donors (Lipinski definition) is 1. The van der Waals surface area contributed by atoms with Crippen molar-refractivity contribution in [3.05, 3.63) is 59.1 Å². The van der Waals surface area contributed by atoms with E-state index in [1.165, 1.54) is 13.2 Å². The highest BCUT2D eigenvalue weighted by Gasteiger charge is 2.41. The molecule has 0 unspecified atom stereocenters. The molecule has 0 aromatic heterocycles. The van der Waals surface area contributed by atoms with Gasteiger partial charge in [0.05, 0.1) is 12.8 Å². The number of amides is 3. The molecular weight excluding hydrogens is 384 g/mol. The Morgan fingerprint density at radius 1 is 1.21 bits per heavy atom. The van der Waals surface area contributed by atoms with Crippen molar-refractivity contribution in [2.45, 2.75) is 25.5 Å². The zero-order valence-electron chi connectivity index (χ0n) is 15.2. The molecular formula is C20H19ClN2O5. The van der Waals surface area contributed by atoms with Gasteiger partial charge in [0.15, 0.2) is 0 Å². The van der Waals surface area contributed by atoms with Gasteiger partial charge in [-0.3, -0.25) is 9.59 Å². The number of imide groups is 1. The largest absolute Gasteiger partial charge is 0.495 e. The van der Waals surface area contributed by atoms with Crippen molar-refractivity contribution in [1.82, 2.24) is 4.90 Å². The van der Waals surface area contributed by atoms with Crippen molar-refractivity contribution in [1.29, 1.82) is 0 Å². The van der Waals surface area contributed by atoms with E-state index in [2.05, 4.69) is 5.32 Å². The summed E-state index contributed by atoms with van der Waals surface area (Å²) in [5.74, 6) is -0.542. The van der Waals surface area contributed by atoms with Crippen LogP contribution in [-0.2, 0) is 20.9 Å². The van der Waals surface area contributed by atoms with Crippen molar-refractivity contribution in [2.75, 3.05) is 12.4 Å². The molecule has 1 N–H and O–H groups in total. The summed E-state index contributed by atoms with van der Waals surface area (Å²) in [6, 6.07) is 12.9. The minimum atomic E-state index is -0.959. The molecule has 1 aliphatic rings. The molecule has 1 saturated heterocycles. The number of benzene rings is 2. The minimum absolute atomic E-state index is 0.0138. The second-order valence-electron chi connectivity index (χ2n) is 6.19. The van der Waals surface area contributed by atoms with Crippen LogP contribution >= 0.6 is 11.6 Å². The van der Waals surface area contributed by atoms with E-state index < -0.39 is 23.9 Å². The van der Waals surface area contributed by atoms with Crippen LogP contribution < -0.4 is 10.1 Å². The Bertz CT molecular complexity index is 887. The summed E-state index contributed by atoms with van der Waals surface area (Å²) in [5, 5.41) is 3.09. The molecule has 28 heavy (non-hydrogen) atoms. The Kier molecular flexibility index (Phi) is 6.16. The predicted octanol–water partition coefficient (Wildman–Crippen LogP) is 3.61. The lowest BCUT2D eigenvalue weighted by Crippen LogP contribution is -2.45. The first-order chi connectivity index (χ1) is 13.5. The molecule has 8 heteroatoms. The lowest BCUT2D eigenvalue weighted by atomic mass is 10.2. The van der Waals surface area contributed by atoms with Gasteiger partial charge in [-0.1, -0.05) is 41.9 Å². The van der Waals surface area contributed by atoms with E-state index in [1.54, 1.807) is 24.3 Å². The predicted molar refractivity (Wildman–Crippen MR) is 103 cm³/mol. The number of nitrogens with zero attached hydrogens (tertiary/aromatic N) is 1. The molecule has 0 spiro atoms. The molecule has 0 bridgehead atoms. The van der Waals surface area contributed by atoms with Crippen LogP contribution in [0, 0.1) is 0 Å². The second-order valence-corrected chi connectivity index (χ2v) is 6.63. The molecule has 146 valence electrons. The van der Waals surface area contributed by atoms with Gasteiger partial charge in [-0.05, 0) is 30.2 Å². The number of rotatable bonds is 5. The normalized spacial score (nSPS) is 16.0. The highest BCUT2D eigenvalue weighted by atomic mass is 35.5.